The zero-order chi connectivity index (χ0) is 14.0. The third kappa shape index (κ3) is 2.27. The van der Waals surface area contributed by atoms with Gasteiger partial charge in [-0.3, -0.25) is 0 Å². The van der Waals surface area contributed by atoms with Crippen molar-refractivity contribution in [1.29, 1.82) is 0 Å². The zero-order valence-corrected chi connectivity index (χ0v) is 11.7. The summed E-state index contributed by atoms with van der Waals surface area (Å²) in [5.74, 6) is -0.386. The molecule has 19 heavy (non-hydrogen) atoms. The Kier molecular flexibility index (Phi) is 3.68. The van der Waals surface area contributed by atoms with Crippen molar-refractivity contribution in [2.24, 2.45) is 0 Å². The first kappa shape index (κ1) is 13.7. The van der Waals surface area contributed by atoms with Crippen molar-refractivity contribution in [3.8, 4) is 0 Å². The number of nitrogens with zero attached hydrogens (tertiary/aromatic N) is 4. The number of rotatable bonds is 4. The van der Waals surface area contributed by atoms with E-state index in [0.29, 0.717) is 18.9 Å². The summed E-state index contributed by atoms with van der Waals surface area (Å²) in [5.41, 5.74) is 0.884. The molecule has 1 unspecified atom stereocenters. The molecule has 1 aliphatic heterocycles. The average molecular weight is 264 g/mol. The van der Waals surface area contributed by atoms with E-state index >= 15 is 0 Å². The Hall–Kier alpha value is -1.72. The van der Waals surface area contributed by atoms with Crippen molar-refractivity contribution in [2.75, 3.05) is 11.4 Å². The molecule has 2 heterocycles. The third-order valence-corrected chi connectivity index (χ3v) is 3.84. The smallest absolute Gasteiger partial charge is 0.329 e. The van der Waals surface area contributed by atoms with Crippen molar-refractivity contribution in [3.63, 3.8) is 0 Å². The van der Waals surface area contributed by atoms with Crippen LogP contribution in [0.5, 0.6) is 0 Å². The van der Waals surface area contributed by atoms with Gasteiger partial charge in [0.25, 0.3) is 0 Å². The highest BCUT2D eigenvalue weighted by Crippen LogP contribution is 2.32. The predicted octanol–water partition coefficient (Wildman–Crippen LogP) is 1.44. The number of anilines is 1. The molecule has 1 aromatic heterocycles. The fourth-order valence-electron chi connectivity index (χ4n) is 2.55. The fraction of sp³-hybridized carbons (Fsp3) is 0.692. The van der Waals surface area contributed by atoms with Gasteiger partial charge in [0.1, 0.15) is 5.54 Å². The fourth-order valence-corrected chi connectivity index (χ4v) is 2.55. The summed E-state index contributed by atoms with van der Waals surface area (Å²) in [6.45, 7) is 6.43. The van der Waals surface area contributed by atoms with Crippen molar-refractivity contribution in [3.05, 3.63) is 11.4 Å². The Bertz CT molecular complexity index is 492. The maximum Gasteiger partial charge on any atom is 0.329 e. The van der Waals surface area contributed by atoms with E-state index in [9.17, 15) is 9.90 Å². The molecule has 1 N–H and O–H groups in total. The number of hydrogen-bond acceptors (Lipinski definition) is 5. The number of aromatic nitrogens is 3. The Morgan fingerprint density at radius 3 is 2.58 bits per heavy atom. The van der Waals surface area contributed by atoms with E-state index in [4.69, 9.17) is 0 Å². The molecule has 6 nitrogen and oxygen atoms in total. The molecule has 1 aromatic rings. The minimum atomic E-state index is -0.916. The number of aryl methyl sites for hydroxylation is 2. The first-order valence-corrected chi connectivity index (χ1v) is 6.76. The lowest BCUT2D eigenvalue weighted by molar-refractivity contribution is -0.142. The summed E-state index contributed by atoms with van der Waals surface area (Å²) in [6.07, 6.45) is 3.02. The molecule has 0 radical (unpaired) electrons. The molecule has 2 rings (SSSR count). The van der Waals surface area contributed by atoms with E-state index < -0.39 is 11.5 Å². The molecule has 0 aliphatic carbocycles. The van der Waals surface area contributed by atoms with Gasteiger partial charge >= 0.3 is 5.97 Å². The van der Waals surface area contributed by atoms with Gasteiger partial charge in [-0.15, -0.1) is 5.10 Å². The van der Waals surface area contributed by atoms with Gasteiger partial charge in [0.15, 0.2) is 0 Å². The minimum absolute atomic E-state index is 0.441. The van der Waals surface area contributed by atoms with Gasteiger partial charge in [0, 0.05) is 6.54 Å². The molecule has 1 fully saturated rings. The number of carboxylic acids is 1. The van der Waals surface area contributed by atoms with E-state index in [-0.39, 0.29) is 0 Å². The van der Waals surface area contributed by atoms with Crippen LogP contribution in [0.25, 0.3) is 0 Å². The topological polar surface area (TPSA) is 79.2 Å². The molecule has 1 aliphatic rings. The SMILES string of the molecule is CCc1nnc(N2CCCC2(C)C(=O)O)nc1CC. The molecule has 0 saturated carbocycles. The predicted molar refractivity (Wildman–Crippen MR) is 71.2 cm³/mol. The highest BCUT2D eigenvalue weighted by atomic mass is 16.4. The zero-order valence-electron chi connectivity index (χ0n) is 11.7. The number of carbonyl (C=O) groups is 1. The summed E-state index contributed by atoms with van der Waals surface area (Å²) >= 11 is 0. The van der Waals surface area contributed by atoms with Crippen LogP contribution in [0.3, 0.4) is 0 Å². The molecule has 0 amide bonds. The summed E-state index contributed by atoms with van der Waals surface area (Å²) in [7, 11) is 0. The Balaban J connectivity index is 2.39. The Morgan fingerprint density at radius 1 is 1.32 bits per heavy atom. The highest BCUT2D eigenvalue weighted by Gasteiger charge is 2.45. The highest BCUT2D eigenvalue weighted by molar-refractivity contribution is 5.83. The van der Waals surface area contributed by atoms with Crippen LogP contribution < -0.4 is 4.90 Å². The molecule has 1 saturated heterocycles. The maximum atomic E-state index is 11.5. The van der Waals surface area contributed by atoms with Gasteiger partial charge in [-0.1, -0.05) is 13.8 Å². The van der Waals surface area contributed by atoms with Crippen LogP contribution in [0.4, 0.5) is 5.95 Å². The van der Waals surface area contributed by atoms with Gasteiger partial charge in [0.05, 0.1) is 11.4 Å². The van der Waals surface area contributed by atoms with E-state index in [1.54, 1.807) is 11.8 Å². The van der Waals surface area contributed by atoms with Gasteiger partial charge in [-0.05, 0) is 32.6 Å². The van der Waals surface area contributed by atoms with Crippen LogP contribution in [0, 0.1) is 0 Å². The molecule has 6 heteroatoms. The average Bonchev–Trinajstić information content (AvgIpc) is 2.81. The monoisotopic (exact) mass is 264 g/mol. The molecule has 1 atom stereocenters. The Morgan fingerprint density at radius 2 is 2.00 bits per heavy atom. The first-order chi connectivity index (χ1) is 9.02. The van der Waals surface area contributed by atoms with Gasteiger partial charge < -0.3 is 10.0 Å². The summed E-state index contributed by atoms with van der Waals surface area (Å²) in [6, 6.07) is 0. The van der Waals surface area contributed by atoms with Crippen LogP contribution in [-0.2, 0) is 17.6 Å². The second-order valence-corrected chi connectivity index (χ2v) is 5.05. The van der Waals surface area contributed by atoms with Crippen LogP contribution in [0.1, 0.15) is 45.0 Å². The van der Waals surface area contributed by atoms with Crippen molar-refractivity contribution in [2.45, 2.75) is 52.0 Å². The molecule has 0 bridgehead atoms. The number of aliphatic carboxylic acids is 1. The Labute approximate surface area is 112 Å². The number of hydrogen-bond donors (Lipinski definition) is 1. The lowest BCUT2D eigenvalue weighted by Crippen LogP contribution is -2.49. The van der Waals surface area contributed by atoms with Gasteiger partial charge in [-0.2, -0.15) is 5.10 Å². The largest absolute Gasteiger partial charge is 0.480 e. The summed E-state index contributed by atoms with van der Waals surface area (Å²) in [4.78, 5) is 17.7. The normalized spacial score (nSPS) is 22.8. The lowest BCUT2D eigenvalue weighted by atomic mass is 10.00. The van der Waals surface area contributed by atoms with E-state index in [1.165, 1.54) is 0 Å². The molecule has 0 aromatic carbocycles. The summed E-state index contributed by atoms with van der Waals surface area (Å²) < 4.78 is 0. The van der Waals surface area contributed by atoms with E-state index in [1.807, 2.05) is 13.8 Å². The molecular weight excluding hydrogens is 244 g/mol. The van der Waals surface area contributed by atoms with Crippen LogP contribution in [0.2, 0.25) is 0 Å². The van der Waals surface area contributed by atoms with E-state index in [2.05, 4.69) is 15.2 Å². The summed E-state index contributed by atoms with van der Waals surface area (Å²) in [5, 5.41) is 17.7. The number of carboxylic acid groups (broad SMARTS) is 1. The molecule has 0 spiro atoms. The van der Waals surface area contributed by atoms with Crippen molar-refractivity contribution >= 4 is 11.9 Å². The third-order valence-electron chi connectivity index (χ3n) is 3.84. The van der Waals surface area contributed by atoms with Crippen LogP contribution >= 0.6 is 0 Å². The van der Waals surface area contributed by atoms with E-state index in [0.717, 1.165) is 30.7 Å². The molecular formula is C13H20N4O2. The van der Waals surface area contributed by atoms with Crippen LogP contribution in [0.15, 0.2) is 0 Å². The van der Waals surface area contributed by atoms with Crippen LogP contribution in [-0.4, -0.2) is 38.3 Å². The van der Waals surface area contributed by atoms with Gasteiger partial charge in [0.2, 0.25) is 5.95 Å². The standard InChI is InChI=1S/C13H20N4O2/c1-4-9-10(5-2)15-16-12(14-9)17-8-6-7-13(17,3)11(18)19/h4-8H2,1-3H3,(H,18,19). The molecule has 104 valence electrons. The second kappa shape index (κ2) is 5.11. The lowest BCUT2D eigenvalue weighted by Gasteiger charge is -2.31. The minimum Gasteiger partial charge on any atom is -0.480 e. The maximum absolute atomic E-state index is 11.5. The van der Waals surface area contributed by atoms with Gasteiger partial charge in [-0.25, -0.2) is 9.78 Å². The first-order valence-electron chi connectivity index (χ1n) is 6.76. The van der Waals surface area contributed by atoms with Crippen molar-refractivity contribution < 1.29 is 9.90 Å². The quantitative estimate of drug-likeness (QED) is 0.886. The van der Waals surface area contributed by atoms with Crippen molar-refractivity contribution in [1.82, 2.24) is 15.2 Å². The second-order valence-electron chi connectivity index (χ2n) is 5.05.